The van der Waals surface area contributed by atoms with Crippen molar-refractivity contribution in [3.05, 3.63) is 10.5 Å². The van der Waals surface area contributed by atoms with Gasteiger partial charge in [-0.2, -0.15) is 0 Å². The van der Waals surface area contributed by atoms with Crippen molar-refractivity contribution in [2.75, 3.05) is 7.05 Å². The van der Waals surface area contributed by atoms with Crippen LogP contribution in [0.1, 0.15) is 38.6 Å². The fourth-order valence-corrected chi connectivity index (χ4v) is 4.24. The molecule has 100 valence electrons. The van der Waals surface area contributed by atoms with Crippen molar-refractivity contribution in [1.82, 2.24) is 20.1 Å². The first-order valence-electron chi connectivity index (χ1n) is 6.71. The highest BCUT2D eigenvalue weighted by molar-refractivity contribution is 7.99. The summed E-state index contributed by atoms with van der Waals surface area (Å²) >= 11 is 1.77. The first kappa shape index (κ1) is 12.3. The Balaban J connectivity index is 1.75. The molecule has 3 rings (SSSR count). The summed E-state index contributed by atoms with van der Waals surface area (Å²) in [5, 5.41) is 11.6. The Labute approximate surface area is 111 Å². The van der Waals surface area contributed by atoms with Gasteiger partial charge in [0.1, 0.15) is 0 Å². The van der Waals surface area contributed by atoms with Crippen LogP contribution in [-0.2, 0) is 0 Å². The van der Waals surface area contributed by atoms with Crippen molar-refractivity contribution in [3.63, 3.8) is 0 Å². The van der Waals surface area contributed by atoms with Crippen molar-refractivity contribution < 1.29 is 0 Å². The fourth-order valence-electron chi connectivity index (χ4n) is 2.87. The van der Waals surface area contributed by atoms with E-state index in [9.17, 15) is 4.79 Å². The molecule has 18 heavy (non-hydrogen) atoms. The highest BCUT2D eigenvalue weighted by Gasteiger charge is 2.35. The average Bonchev–Trinajstić information content (AvgIpc) is 3.05. The molecule has 3 unspecified atom stereocenters. The molecule has 2 N–H and O–H groups in total. The maximum absolute atomic E-state index is 11.7. The van der Waals surface area contributed by atoms with Gasteiger partial charge >= 0.3 is 5.69 Å². The van der Waals surface area contributed by atoms with Crippen molar-refractivity contribution in [1.29, 1.82) is 0 Å². The third kappa shape index (κ3) is 2.12. The summed E-state index contributed by atoms with van der Waals surface area (Å²) < 4.78 is 1.85. The second kappa shape index (κ2) is 4.74. The Hall–Kier alpha value is -0.750. The minimum Gasteiger partial charge on any atom is -0.317 e. The molecule has 0 spiro atoms. The summed E-state index contributed by atoms with van der Waals surface area (Å²) in [6, 6.07) is 0.998. The van der Waals surface area contributed by atoms with Gasteiger partial charge in [-0.25, -0.2) is 9.89 Å². The highest BCUT2D eigenvalue weighted by atomic mass is 32.2. The largest absolute Gasteiger partial charge is 0.344 e. The monoisotopic (exact) mass is 268 g/mol. The molecule has 3 atom stereocenters. The van der Waals surface area contributed by atoms with E-state index in [1.807, 2.05) is 11.6 Å². The number of nitrogens with zero attached hydrogens (tertiary/aromatic N) is 2. The van der Waals surface area contributed by atoms with Crippen LogP contribution < -0.4 is 11.0 Å². The smallest absolute Gasteiger partial charge is 0.317 e. The van der Waals surface area contributed by atoms with Crippen LogP contribution in [0.3, 0.4) is 0 Å². The molecule has 0 radical (unpaired) electrons. The van der Waals surface area contributed by atoms with E-state index in [1.165, 1.54) is 12.8 Å². The zero-order valence-electron chi connectivity index (χ0n) is 10.8. The van der Waals surface area contributed by atoms with Crippen molar-refractivity contribution >= 4 is 11.8 Å². The fraction of sp³-hybridized carbons (Fsp3) is 0.833. The maximum atomic E-state index is 11.7. The SMILES string of the molecule is CNC1CCC(Sc2n[nH]c(=O)n2C2CC2)C1C. The molecule has 2 aliphatic rings. The Kier molecular flexibility index (Phi) is 3.23. The summed E-state index contributed by atoms with van der Waals surface area (Å²) in [4.78, 5) is 11.7. The molecule has 5 nitrogen and oxygen atoms in total. The van der Waals surface area contributed by atoms with Gasteiger partial charge in [-0.3, -0.25) is 4.57 Å². The van der Waals surface area contributed by atoms with Gasteiger partial charge in [-0.05, 0) is 38.6 Å². The minimum atomic E-state index is -0.0455. The molecule has 1 heterocycles. The van der Waals surface area contributed by atoms with Crippen LogP contribution in [0.15, 0.2) is 9.95 Å². The van der Waals surface area contributed by atoms with E-state index in [2.05, 4.69) is 22.4 Å². The average molecular weight is 268 g/mol. The lowest BCUT2D eigenvalue weighted by atomic mass is 10.1. The molecular weight excluding hydrogens is 248 g/mol. The lowest BCUT2D eigenvalue weighted by Gasteiger charge is -2.19. The number of nitrogens with one attached hydrogen (secondary N) is 2. The Bertz CT molecular complexity index is 479. The van der Waals surface area contributed by atoms with Gasteiger partial charge < -0.3 is 5.32 Å². The van der Waals surface area contributed by atoms with Gasteiger partial charge in [0.25, 0.3) is 0 Å². The van der Waals surface area contributed by atoms with E-state index in [4.69, 9.17) is 0 Å². The van der Waals surface area contributed by atoms with Crippen LogP contribution in [0.25, 0.3) is 0 Å². The van der Waals surface area contributed by atoms with E-state index in [0.717, 1.165) is 18.0 Å². The highest BCUT2D eigenvalue weighted by Crippen LogP contribution is 2.41. The predicted molar refractivity (Wildman–Crippen MR) is 72.0 cm³/mol. The zero-order chi connectivity index (χ0) is 12.7. The Morgan fingerprint density at radius 3 is 2.78 bits per heavy atom. The first-order valence-corrected chi connectivity index (χ1v) is 7.59. The lowest BCUT2D eigenvalue weighted by molar-refractivity contribution is 0.463. The van der Waals surface area contributed by atoms with Crippen LogP contribution in [0, 0.1) is 5.92 Å². The summed E-state index contributed by atoms with van der Waals surface area (Å²) in [5.74, 6) is 0.624. The number of aromatic nitrogens is 3. The maximum Gasteiger partial charge on any atom is 0.344 e. The van der Waals surface area contributed by atoms with Crippen LogP contribution >= 0.6 is 11.8 Å². The molecule has 1 aromatic rings. The molecule has 0 aromatic carbocycles. The van der Waals surface area contributed by atoms with Crippen LogP contribution in [0.5, 0.6) is 0 Å². The Morgan fingerprint density at radius 1 is 1.39 bits per heavy atom. The van der Waals surface area contributed by atoms with Crippen LogP contribution in [0.2, 0.25) is 0 Å². The molecule has 2 aliphatic carbocycles. The first-order chi connectivity index (χ1) is 8.70. The second-order valence-electron chi connectivity index (χ2n) is 5.40. The third-order valence-corrected chi connectivity index (χ3v) is 5.66. The molecule has 0 aliphatic heterocycles. The normalized spacial score (nSPS) is 32.0. The van der Waals surface area contributed by atoms with Crippen LogP contribution in [-0.4, -0.2) is 33.1 Å². The van der Waals surface area contributed by atoms with E-state index in [0.29, 0.717) is 23.3 Å². The molecular formula is C12H20N4OS. The molecule has 1 aromatic heterocycles. The summed E-state index contributed by atoms with van der Waals surface area (Å²) in [6.07, 6.45) is 4.65. The molecule has 0 saturated heterocycles. The molecule has 6 heteroatoms. The number of rotatable bonds is 4. The van der Waals surface area contributed by atoms with E-state index < -0.39 is 0 Å². The summed E-state index contributed by atoms with van der Waals surface area (Å²) in [7, 11) is 2.03. The summed E-state index contributed by atoms with van der Waals surface area (Å²) in [6.45, 7) is 2.29. The zero-order valence-corrected chi connectivity index (χ0v) is 11.7. The van der Waals surface area contributed by atoms with Crippen molar-refractivity contribution in [3.8, 4) is 0 Å². The quantitative estimate of drug-likeness (QED) is 0.866. The van der Waals surface area contributed by atoms with Crippen LogP contribution in [0.4, 0.5) is 0 Å². The molecule has 2 fully saturated rings. The number of hydrogen-bond donors (Lipinski definition) is 2. The summed E-state index contributed by atoms with van der Waals surface area (Å²) in [5.41, 5.74) is -0.0455. The third-order valence-electron chi connectivity index (χ3n) is 4.19. The predicted octanol–water partition coefficient (Wildman–Crippen LogP) is 1.38. The van der Waals surface area contributed by atoms with E-state index in [1.54, 1.807) is 11.8 Å². The van der Waals surface area contributed by atoms with E-state index >= 15 is 0 Å². The van der Waals surface area contributed by atoms with E-state index in [-0.39, 0.29) is 5.69 Å². The number of hydrogen-bond acceptors (Lipinski definition) is 4. The topological polar surface area (TPSA) is 62.7 Å². The lowest BCUT2D eigenvalue weighted by Crippen LogP contribution is -2.30. The Morgan fingerprint density at radius 2 is 2.17 bits per heavy atom. The van der Waals surface area contributed by atoms with Gasteiger partial charge in [-0.1, -0.05) is 18.7 Å². The van der Waals surface area contributed by atoms with Gasteiger partial charge in [0.15, 0.2) is 5.16 Å². The molecule has 0 bridgehead atoms. The van der Waals surface area contributed by atoms with Gasteiger partial charge in [0.05, 0.1) is 0 Å². The van der Waals surface area contributed by atoms with Gasteiger partial charge in [0.2, 0.25) is 0 Å². The molecule has 0 amide bonds. The van der Waals surface area contributed by atoms with Crippen molar-refractivity contribution in [2.24, 2.45) is 5.92 Å². The second-order valence-corrected chi connectivity index (χ2v) is 6.61. The van der Waals surface area contributed by atoms with Gasteiger partial charge in [-0.15, -0.1) is 5.10 Å². The number of aromatic amines is 1. The molecule has 2 saturated carbocycles. The van der Waals surface area contributed by atoms with Gasteiger partial charge in [0, 0.05) is 17.3 Å². The minimum absolute atomic E-state index is 0.0455. The van der Waals surface area contributed by atoms with Crippen molar-refractivity contribution in [2.45, 2.75) is 55.1 Å². The number of thioether (sulfide) groups is 1. The number of H-pyrrole nitrogens is 1. The standard InChI is InChI=1S/C12H20N4OS/c1-7-9(13-2)5-6-10(7)18-12-15-14-11(17)16(12)8-3-4-8/h7-10,13H,3-6H2,1-2H3,(H,14,17).